The highest BCUT2D eigenvalue weighted by molar-refractivity contribution is 7.39. The molecule has 2 N–H and O–H groups in total. The standard InChI is InChI=1S/C23H41O3P/c1-2-3-15-22-17-19-23(20-18-22)16-13-11-9-7-5-4-6-8-10-12-14-21-26-27(24)25/h17-20,24-25H,2-16,21H2,1H3. The van der Waals surface area contributed by atoms with Crippen molar-refractivity contribution in [3.8, 4) is 0 Å². The lowest BCUT2D eigenvalue weighted by molar-refractivity contribution is 0.248. The maximum Gasteiger partial charge on any atom is 0.327 e. The van der Waals surface area contributed by atoms with Crippen LogP contribution in [-0.2, 0) is 17.4 Å². The number of aryl methyl sites for hydroxylation is 2. The lowest BCUT2D eigenvalue weighted by Crippen LogP contribution is -1.90. The topological polar surface area (TPSA) is 49.7 Å². The van der Waals surface area contributed by atoms with E-state index in [1.165, 1.54) is 94.6 Å². The van der Waals surface area contributed by atoms with Gasteiger partial charge in [-0.1, -0.05) is 95.4 Å². The van der Waals surface area contributed by atoms with Crippen LogP contribution in [-0.4, -0.2) is 16.4 Å². The molecular weight excluding hydrogens is 355 g/mol. The van der Waals surface area contributed by atoms with Crippen LogP contribution in [0.4, 0.5) is 0 Å². The quantitative estimate of drug-likeness (QED) is 0.206. The molecule has 1 aromatic carbocycles. The third-order valence-corrected chi connectivity index (χ3v) is 5.57. The first-order valence-corrected chi connectivity index (χ1v) is 12.3. The molecule has 0 aromatic heterocycles. The van der Waals surface area contributed by atoms with Gasteiger partial charge in [0.2, 0.25) is 0 Å². The van der Waals surface area contributed by atoms with Gasteiger partial charge in [0, 0.05) is 0 Å². The number of hydrogen-bond acceptors (Lipinski definition) is 3. The Morgan fingerprint density at radius 2 is 1.04 bits per heavy atom. The molecule has 4 heteroatoms. The summed E-state index contributed by atoms with van der Waals surface area (Å²) in [6.07, 6.45) is 19.1. The van der Waals surface area contributed by atoms with E-state index in [2.05, 4.69) is 31.2 Å². The van der Waals surface area contributed by atoms with Crippen LogP contribution < -0.4 is 0 Å². The van der Waals surface area contributed by atoms with E-state index >= 15 is 0 Å². The van der Waals surface area contributed by atoms with Crippen LogP contribution in [0, 0.1) is 0 Å². The fraction of sp³-hybridized carbons (Fsp3) is 0.739. The van der Waals surface area contributed by atoms with Gasteiger partial charge in [-0.05, 0) is 43.2 Å². The summed E-state index contributed by atoms with van der Waals surface area (Å²) in [6, 6.07) is 9.28. The molecule has 1 rings (SSSR count). The van der Waals surface area contributed by atoms with E-state index in [0.717, 1.165) is 12.8 Å². The third-order valence-electron chi connectivity index (χ3n) is 5.16. The van der Waals surface area contributed by atoms with Crippen molar-refractivity contribution in [2.45, 2.75) is 103 Å². The van der Waals surface area contributed by atoms with Gasteiger partial charge in [-0.25, -0.2) is 0 Å². The molecule has 0 amide bonds. The molecule has 0 aliphatic carbocycles. The Bertz CT molecular complexity index is 434. The van der Waals surface area contributed by atoms with Gasteiger partial charge in [0.05, 0.1) is 6.61 Å². The van der Waals surface area contributed by atoms with Crippen LogP contribution in [0.1, 0.15) is 102 Å². The molecule has 0 saturated heterocycles. The van der Waals surface area contributed by atoms with Crippen molar-refractivity contribution in [2.75, 3.05) is 6.61 Å². The zero-order valence-corrected chi connectivity index (χ0v) is 18.3. The predicted octanol–water partition coefficient (Wildman–Crippen LogP) is 7.09. The van der Waals surface area contributed by atoms with Gasteiger partial charge in [0.15, 0.2) is 0 Å². The minimum absolute atomic E-state index is 0.474. The summed E-state index contributed by atoms with van der Waals surface area (Å²) < 4.78 is 4.76. The zero-order valence-electron chi connectivity index (χ0n) is 17.4. The molecule has 0 unspecified atom stereocenters. The summed E-state index contributed by atoms with van der Waals surface area (Å²) in [4.78, 5) is 17.2. The molecule has 0 saturated carbocycles. The monoisotopic (exact) mass is 396 g/mol. The molecule has 0 atom stereocenters. The van der Waals surface area contributed by atoms with Crippen molar-refractivity contribution in [1.82, 2.24) is 0 Å². The second-order valence-corrected chi connectivity index (χ2v) is 8.41. The minimum Gasteiger partial charge on any atom is -0.328 e. The second-order valence-electron chi connectivity index (χ2n) is 7.65. The SMILES string of the molecule is CCCCc1ccc(CCCCCCCCCCCCCOP(O)O)cc1. The van der Waals surface area contributed by atoms with E-state index in [9.17, 15) is 0 Å². The van der Waals surface area contributed by atoms with E-state index < -0.39 is 8.60 Å². The first-order chi connectivity index (χ1) is 13.2. The van der Waals surface area contributed by atoms with Crippen molar-refractivity contribution in [2.24, 2.45) is 0 Å². The van der Waals surface area contributed by atoms with E-state index in [1.807, 2.05) is 0 Å². The number of benzene rings is 1. The Labute approximate surface area is 168 Å². The van der Waals surface area contributed by atoms with Crippen LogP contribution >= 0.6 is 8.60 Å². The van der Waals surface area contributed by atoms with Gasteiger partial charge < -0.3 is 14.3 Å². The Hall–Kier alpha value is -0.470. The second kappa shape index (κ2) is 17.6. The Balaban J connectivity index is 1.84. The first kappa shape index (κ1) is 24.6. The average Bonchev–Trinajstić information content (AvgIpc) is 2.67. The van der Waals surface area contributed by atoms with Crippen molar-refractivity contribution in [1.29, 1.82) is 0 Å². The van der Waals surface area contributed by atoms with E-state index in [1.54, 1.807) is 0 Å². The maximum absolute atomic E-state index is 8.62. The average molecular weight is 397 g/mol. The molecule has 0 bridgehead atoms. The Morgan fingerprint density at radius 3 is 1.48 bits per heavy atom. The van der Waals surface area contributed by atoms with Gasteiger partial charge in [0.25, 0.3) is 0 Å². The lowest BCUT2D eigenvalue weighted by Gasteiger charge is -2.05. The summed E-state index contributed by atoms with van der Waals surface area (Å²) in [5.41, 5.74) is 2.98. The van der Waals surface area contributed by atoms with Crippen LogP contribution in [0.25, 0.3) is 0 Å². The number of hydrogen-bond donors (Lipinski definition) is 2. The zero-order chi connectivity index (χ0) is 19.6. The van der Waals surface area contributed by atoms with Crippen molar-refractivity contribution in [3.63, 3.8) is 0 Å². The van der Waals surface area contributed by atoms with Crippen molar-refractivity contribution < 1.29 is 14.3 Å². The fourth-order valence-corrected chi connectivity index (χ4v) is 3.71. The van der Waals surface area contributed by atoms with Crippen LogP contribution in [0.2, 0.25) is 0 Å². The summed E-state index contributed by atoms with van der Waals surface area (Å²) >= 11 is 0. The Kier molecular flexibility index (Phi) is 16.0. The van der Waals surface area contributed by atoms with Crippen LogP contribution in [0.15, 0.2) is 24.3 Å². The third kappa shape index (κ3) is 15.2. The number of rotatable bonds is 18. The van der Waals surface area contributed by atoms with Crippen molar-refractivity contribution in [3.05, 3.63) is 35.4 Å². The minimum atomic E-state index is -2.16. The van der Waals surface area contributed by atoms with Gasteiger partial charge in [-0.2, -0.15) is 0 Å². The highest BCUT2D eigenvalue weighted by atomic mass is 31.2. The summed E-state index contributed by atoms with van der Waals surface area (Å²) in [5, 5.41) is 0. The van der Waals surface area contributed by atoms with E-state index in [-0.39, 0.29) is 0 Å². The predicted molar refractivity (Wildman–Crippen MR) is 117 cm³/mol. The maximum atomic E-state index is 8.62. The normalized spacial score (nSPS) is 11.4. The van der Waals surface area contributed by atoms with E-state index in [4.69, 9.17) is 14.3 Å². The highest BCUT2D eigenvalue weighted by Crippen LogP contribution is 2.24. The lowest BCUT2D eigenvalue weighted by atomic mass is 10.0. The first-order valence-electron chi connectivity index (χ1n) is 11.1. The fourth-order valence-electron chi connectivity index (χ4n) is 3.42. The smallest absolute Gasteiger partial charge is 0.327 e. The molecule has 0 fully saturated rings. The molecule has 27 heavy (non-hydrogen) atoms. The van der Waals surface area contributed by atoms with Gasteiger partial charge in [-0.15, -0.1) is 0 Å². The van der Waals surface area contributed by atoms with E-state index in [0.29, 0.717) is 6.61 Å². The number of unbranched alkanes of at least 4 members (excludes halogenated alkanes) is 11. The largest absolute Gasteiger partial charge is 0.328 e. The molecule has 3 nitrogen and oxygen atoms in total. The van der Waals surface area contributed by atoms with Crippen LogP contribution in [0.5, 0.6) is 0 Å². The molecule has 0 radical (unpaired) electrons. The molecule has 1 aromatic rings. The molecule has 0 heterocycles. The summed E-state index contributed by atoms with van der Waals surface area (Å²) in [5.74, 6) is 0. The van der Waals surface area contributed by atoms with Gasteiger partial charge >= 0.3 is 8.60 Å². The molecule has 0 aliphatic rings. The Morgan fingerprint density at radius 1 is 0.630 bits per heavy atom. The van der Waals surface area contributed by atoms with Crippen molar-refractivity contribution >= 4 is 8.60 Å². The highest BCUT2D eigenvalue weighted by Gasteiger charge is 1.99. The molecular formula is C23H41O3P. The molecule has 156 valence electrons. The van der Waals surface area contributed by atoms with Gasteiger partial charge in [0.1, 0.15) is 0 Å². The molecule has 0 aliphatic heterocycles. The molecule has 0 spiro atoms. The summed E-state index contributed by atoms with van der Waals surface area (Å²) in [7, 11) is -2.16. The van der Waals surface area contributed by atoms with Crippen LogP contribution in [0.3, 0.4) is 0 Å². The summed E-state index contributed by atoms with van der Waals surface area (Å²) in [6.45, 7) is 2.72. The van der Waals surface area contributed by atoms with Gasteiger partial charge in [-0.3, -0.25) is 0 Å².